The van der Waals surface area contributed by atoms with Gasteiger partial charge in [0, 0.05) is 5.52 Å². The zero-order valence-corrected chi connectivity index (χ0v) is 14.2. The van der Waals surface area contributed by atoms with Gasteiger partial charge in [0.1, 0.15) is 0 Å². The third-order valence-corrected chi connectivity index (χ3v) is 9.82. The smallest absolute Gasteiger partial charge is 0.337 e. The molecule has 0 atom stereocenters. The fraction of sp³-hybridized carbons (Fsp3) is 0.438. The predicted molar refractivity (Wildman–Crippen MR) is 85.9 cm³/mol. The predicted octanol–water partition coefficient (Wildman–Crippen LogP) is 4.28. The van der Waals surface area contributed by atoms with Crippen molar-refractivity contribution >= 4 is 25.1 Å². The molecule has 108 valence electrons. The Labute approximate surface area is 121 Å². The van der Waals surface area contributed by atoms with Crippen LogP contribution in [0.3, 0.4) is 0 Å². The molecule has 2 rings (SSSR count). The maximum absolute atomic E-state index is 11.7. The highest BCUT2D eigenvalue weighted by Crippen LogP contribution is 2.38. The topological polar surface area (TPSA) is 31.2 Å². The third-order valence-electron chi connectivity index (χ3n) is 4.55. The average Bonchev–Trinajstić information content (AvgIpc) is 2.79. The summed E-state index contributed by atoms with van der Waals surface area (Å²) in [6.45, 7) is 11.6. The Morgan fingerprint density at radius 2 is 1.85 bits per heavy atom. The Morgan fingerprint density at radius 3 is 2.40 bits per heavy atom. The van der Waals surface area contributed by atoms with Crippen LogP contribution in [0.25, 0.3) is 10.9 Å². The van der Waals surface area contributed by atoms with Gasteiger partial charge < -0.3 is 8.97 Å². The van der Waals surface area contributed by atoms with E-state index in [9.17, 15) is 4.79 Å². The summed E-state index contributed by atoms with van der Waals surface area (Å²) in [4.78, 5) is 11.7. The molecular formula is C16H23NO2Si. The summed E-state index contributed by atoms with van der Waals surface area (Å²) in [6.07, 6.45) is 2.16. The van der Waals surface area contributed by atoms with Gasteiger partial charge in [0.05, 0.1) is 12.7 Å². The number of fused-ring (bicyclic) bond motifs is 1. The van der Waals surface area contributed by atoms with E-state index in [1.54, 1.807) is 0 Å². The molecule has 0 saturated carbocycles. The Morgan fingerprint density at radius 1 is 1.20 bits per heavy atom. The van der Waals surface area contributed by atoms with Crippen molar-refractivity contribution in [3.63, 3.8) is 0 Å². The average molecular weight is 289 g/mol. The third kappa shape index (κ3) is 2.28. The molecule has 0 fully saturated rings. The zero-order chi connectivity index (χ0) is 15.1. The van der Waals surface area contributed by atoms with E-state index in [1.807, 2.05) is 18.2 Å². The summed E-state index contributed by atoms with van der Waals surface area (Å²) in [5, 5.41) is 1.41. The first-order chi connectivity index (χ1) is 9.18. The molecule has 1 heterocycles. The minimum Gasteiger partial charge on any atom is -0.465 e. The SMILES string of the molecule is COC(=O)c1ccc2ccn([Si](C)(C)C(C)(C)C)c2c1. The van der Waals surface area contributed by atoms with Crippen LogP contribution < -0.4 is 0 Å². The standard InChI is InChI=1S/C16H23NO2Si/c1-16(2,3)20(5,6)17-10-9-12-7-8-13(11-14(12)17)15(18)19-4/h7-11H,1-6H3. The number of methoxy groups -OCH3 is 1. The summed E-state index contributed by atoms with van der Waals surface area (Å²) in [7, 11) is -0.280. The Hall–Kier alpha value is -1.55. The van der Waals surface area contributed by atoms with Crippen LogP contribution in [0.4, 0.5) is 0 Å². The number of ether oxygens (including phenoxy) is 1. The molecule has 0 radical (unpaired) electrons. The monoisotopic (exact) mass is 289 g/mol. The van der Waals surface area contributed by atoms with Crippen molar-refractivity contribution in [3.8, 4) is 0 Å². The maximum atomic E-state index is 11.7. The van der Waals surface area contributed by atoms with Crippen LogP contribution in [0.5, 0.6) is 0 Å². The van der Waals surface area contributed by atoms with Crippen LogP contribution in [0.1, 0.15) is 31.1 Å². The molecule has 0 N–H and O–H groups in total. The van der Waals surface area contributed by atoms with E-state index in [1.165, 1.54) is 12.5 Å². The number of hydrogen-bond acceptors (Lipinski definition) is 2. The number of nitrogens with zero attached hydrogens (tertiary/aromatic N) is 1. The molecular weight excluding hydrogens is 266 g/mol. The molecule has 0 aliphatic carbocycles. The van der Waals surface area contributed by atoms with E-state index >= 15 is 0 Å². The maximum Gasteiger partial charge on any atom is 0.337 e. The highest BCUT2D eigenvalue weighted by Gasteiger charge is 2.38. The molecule has 0 saturated heterocycles. The fourth-order valence-corrected chi connectivity index (χ4v) is 4.19. The van der Waals surface area contributed by atoms with Crippen LogP contribution in [0, 0.1) is 0 Å². The summed E-state index contributed by atoms with van der Waals surface area (Å²) >= 11 is 0. The lowest BCUT2D eigenvalue weighted by Crippen LogP contribution is -2.44. The summed E-state index contributed by atoms with van der Waals surface area (Å²) in [5.41, 5.74) is 1.73. The molecule has 1 aromatic heterocycles. The molecule has 2 aromatic rings. The van der Waals surface area contributed by atoms with Gasteiger partial charge in [-0.3, -0.25) is 0 Å². The van der Waals surface area contributed by atoms with Crippen molar-refractivity contribution in [2.75, 3.05) is 7.11 Å². The quantitative estimate of drug-likeness (QED) is 0.610. The van der Waals surface area contributed by atoms with Gasteiger partial charge in [-0.05, 0) is 34.8 Å². The Bertz CT molecular complexity index is 650. The number of aromatic nitrogens is 1. The minimum absolute atomic E-state index is 0.236. The lowest BCUT2D eigenvalue weighted by molar-refractivity contribution is 0.0601. The van der Waals surface area contributed by atoms with E-state index in [0.717, 1.165) is 5.52 Å². The van der Waals surface area contributed by atoms with Gasteiger partial charge in [0.25, 0.3) is 0 Å². The van der Waals surface area contributed by atoms with Crippen LogP contribution in [0.15, 0.2) is 30.5 Å². The number of esters is 1. The van der Waals surface area contributed by atoms with E-state index in [4.69, 9.17) is 4.74 Å². The first kappa shape index (κ1) is 14.8. The molecule has 0 spiro atoms. The van der Waals surface area contributed by atoms with Gasteiger partial charge in [-0.25, -0.2) is 4.79 Å². The molecule has 0 unspecified atom stereocenters. The van der Waals surface area contributed by atoms with Gasteiger partial charge in [0.2, 0.25) is 0 Å². The van der Waals surface area contributed by atoms with Crippen LogP contribution in [-0.4, -0.2) is 25.5 Å². The molecule has 0 aliphatic heterocycles. The lowest BCUT2D eigenvalue weighted by atomic mass is 10.2. The number of hydrogen-bond donors (Lipinski definition) is 0. The highest BCUT2D eigenvalue weighted by atomic mass is 28.3. The van der Waals surface area contributed by atoms with E-state index in [-0.39, 0.29) is 11.0 Å². The van der Waals surface area contributed by atoms with Crippen molar-refractivity contribution in [2.24, 2.45) is 0 Å². The van der Waals surface area contributed by atoms with E-state index < -0.39 is 8.24 Å². The first-order valence-electron chi connectivity index (χ1n) is 6.88. The van der Waals surface area contributed by atoms with Gasteiger partial charge in [-0.15, -0.1) is 0 Å². The second kappa shape index (κ2) is 4.77. The number of rotatable bonds is 2. The van der Waals surface area contributed by atoms with Gasteiger partial charge in [0.15, 0.2) is 8.24 Å². The van der Waals surface area contributed by atoms with E-state index in [2.05, 4.69) is 50.4 Å². The number of benzene rings is 1. The fourth-order valence-electron chi connectivity index (χ4n) is 2.22. The summed E-state index contributed by atoms with van der Waals surface area (Å²) in [5.74, 6) is -0.283. The molecule has 1 aromatic carbocycles. The molecule has 3 nitrogen and oxygen atoms in total. The summed E-state index contributed by atoms with van der Waals surface area (Å²) < 4.78 is 7.20. The number of carbonyl (C=O) groups excluding carboxylic acids is 1. The Kier molecular flexibility index (Phi) is 3.54. The molecule has 0 bridgehead atoms. The van der Waals surface area contributed by atoms with Crippen LogP contribution in [-0.2, 0) is 4.74 Å². The largest absolute Gasteiger partial charge is 0.465 e. The van der Waals surface area contributed by atoms with Crippen LogP contribution >= 0.6 is 0 Å². The summed E-state index contributed by atoms with van der Waals surface area (Å²) in [6, 6.07) is 7.88. The van der Waals surface area contributed by atoms with Crippen molar-refractivity contribution in [2.45, 2.75) is 38.9 Å². The van der Waals surface area contributed by atoms with Crippen molar-refractivity contribution in [3.05, 3.63) is 36.0 Å². The Balaban J connectivity index is 2.64. The van der Waals surface area contributed by atoms with Gasteiger partial charge >= 0.3 is 5.97 Å². The van der Waals surface area contributed by atoms with Gasteiger partial charge in [-0.1, -0.05) is 39.9 Å². The van der Waals surface area contributed by atoms with E-state index in [0.29, 0.717) is 5.56 Å². The van der Waals surface area contributed by atoms with Crippen molar-refractivity contribution < 1.29 is 9.53 Å². The molecule has 0 aliphatic rings. The van der Waals surface area contributed by atoms with Gasteiger partial charge in [-0.2, -0.15) is 0 Å². The second-order valence-corrected chi connectivity index (χ2v) is 11.9. The normalized spacial score (nSPS) is 12.7. The molecule has 4 heteroatoms. The van der Waals surface area contributed by atoms with Crippen LogP contribution in [0.2, 0.25) is 18.1 Å². The zero-order valence-electron chi connectivity index (χ0n) is 13.2. The second-order valence-electron chi connectivity index (χ2n) is 6.76. The molecule has 0 amide bonds. The van der Waals surface area contributed by atoms with Crippen molar-refractivity contribution in [1.29, 1.82) is 0 Å². The lowest BCUT2D eigenvalue weighted by Gasteiger charge is -2.38. The minimum atomic E-state index is -1.70. The first-order valence-corrected chi connectivity index (χ1v) is 9.83. The highest BCUT2D eigenvalue weighted by molar-refractivity contribution is 6.79. The van der Waals surface area contributed by atoms with Crippen molar-refractivity contribution in [1.82, 2.24) is 4.23 Å². The molecule has 20 heavy (non-hydrogen) atoms. The number of carbonyl (C=O) groups is 1.